The highest BCUT2D eigenvalue weighted by Crippen LogP contribution is 2.26. The van der Waals surface area contributed by atoms with E-state index in [2.05, 4.69) is 43.0 Å². The molecular weight excluding hydrogens is 574 g/mol. The molecule has 5 N–H and O–H groups in total. The summed E-state index contributed by atoms with van der Waals surface area (Å²) in [6, 6.07) is 1.77. The molecule has 39 heavy (non-hydrogen) atoms. The van der Waals surface area contributed by atoms with Crippen molar-refractivity contribution in [2.45, 2.75) is 38.6 Å². The van der Waals surface area contributed by atoms with Crippen LogP contribution in [-0.4, -0.2) is 94.6 Å². The third kappa shape index (κ3) is 10.6. The van der Waals surface area contributed by atoms with Crippen LogP contribution in [-0.2, 0) is 14.4 Å². The summed E-state index contributed by atoms with van der Waals surface area (Å²) in [6.07, 6.45) is 4.96. The van der Waals surface area contributed by atoms with Crippen LogP contribution < -0.4 is 15.8 Å². The number of nitrogens with two attached hydrogens (primary N) is 1. The van der Waals surface area contributed by atoms with Gasteiger partial charge in [-0.15, -0.1) is 0 Å². The Bertz CT molecular complexity index is 1120. The Morgan fingerprint density at radius 2 is 1.72 bits per heavy atom. The standard InChI is InChI=1S/C22H30BrN5O3.C4H4O4/c1-3-4-19(29)28-11-5-15(6-12-28)14-27-9-7-16(8-10-27)25-21(30)17-13-18(23)20(24)26-22(17)31-2;5-3(6)1-2-4(7)8/h13,15-16H,5-12,14H2,1-2H3,(H2,24,26)(H,25,30);1-2H,(H,5,6)(H,7,8)/b;2-1+. The molecule has 3 rings (SSSR count). The van der Waals surface area contributed by atoms with Gasteiger partial charge in [0, 0.05) is 50.9 Å². The predicted octanol–water partition coefficient (Wildman–Crippen LogP) is 1.60. The van der Waals surface area contributed by atoms with Crippen LogP contribution in [0, 0.1) is 17.8 Å². The lowest BCUT2D eigenvalue weighted by Gasteiger charge is -2.37. The van der Waals surface area contributed by atoms with Crippen molar-refractivity contribution in [3.63, 3.8) is 0 Å². The van der Waals surface area contributed by atoms with Crippen molar-refractivity contribution >= 4 is 45.5 Å². The molecule has 12 nitrogen and oxygen atoms in total. The molecule has 212 valence electrons. The number of hydrogen-bond acceptors (Lipinski definition) is 8. The summed E-state index contributed by atoms with van der Waals surface area (Å²) in [6.45, 7) is 6.22. The maximum atomic E-state index is 12.7. The second-order valence-electron chi connectivity index (χ2n) is 9.08. The molecule has 2 amide bonds. The number of carbonyl (C=O) groups excluding carboxylic acids is 2. The number of ether oxygens (including phenoxy) is 1. The van der Waals surface area contributed by atoms with Crippen LogP contribution in [0.2, 0.25) is 0 Å². The molecule has 0 aliphatic carbocycles. The van der Waals surface area contributed by atoms with E-state index in [1.54, 1.807) is 13.0 Å². The highest BCUT2D eigenvalue weighted by Gasteiger charge is 2.27. The van der Waals surface area contributed by atoms with E-state index in [1.807, 2.05) is 4.90 Å². The summed E-state index contributed by atoms with van der Waals surface area (Å²) < 4.78 is 5.79. The average Bonchev–Trinajstić information content (AvgIpc) is 2.90. The molecule has 3 heterocycles. The van der Waals surface area contributed by atoms with Crippen molar-refractivity contribution in [3.8, 4) is 17.7 Å². The number of carboxylic acids is 2. The van der Waals surface area contributed by atoms with Gasteiger partial charge in [0.15, 0.2) is 0 Å². The molecule has 0 spiro atoms. The summed E-state index contributed by atoms with van der Waals surface area (Å²) in [7, 11) is 1.47. The first kappa shape index (κ1) is 31.6. The zero-order valence-corrected chi connectivity index (χ0v) is 23.6. The average molecular weight is 608 g/mol. The van der Waals surface area contributed by atoms with E-state index in [1.165, 1.54) is 7.11 Å². The highest BCUT2D eigenvalue weighted by atomic mass is 79.9. The van der Waals surface area contributed by atoms with Gasteiger partial charge < -0.3 is 35.8 Å². The number of aliphatic carboxylic acids is 2. The number of nitrogen functional groups attached to an aromatic ring is 1. The molecule has 0 unspecified atom stereocenters. The topological polar surface area (TPSA) is 175 Å². The van der Waals surface area contributed by atoms with E-state index in [4.69, 9.17) is 20.7 Å². The van der Waals surface area contributed by atoms with E-state index in [9.17, 15) is 19.2 Å². The zero-order valence-electron chi connectivity index (χ0n) is 22.0. The van der Waals surface area contributed by atoms with Gasteiger partial charge in [-0.2, -0.15) is 4.98 Å². The third-order valence-corrected chi connectivity index (χ3v) is 6.98. The van der Waals surface area contributed by atoms with Crippen molar-refractivity contribution in [2.75, 3.05) is 45.6 Å². The van der Waals surface area contributed by atoms with Crippen LogP contribution >= 0.6 is 15.9 Å². The van der Waals surface area contributed by atoms with Gasteiger partial charge in [-0.25, -0.2) is 9.59 Å². The summed E-state index contributed by atoms with van der Waals surface area (Å²) in [4.78, 5) is 52.2. The number of nitrogens with one attached hydrogen (secondary N) is 1. The molecule has 1 aromatic rings. The molecule has 2 aliphatic rings. The second kappa shape index (κ2) is 15.7. The van der Waals surface area contributed by atoms with E-state index in [0.29, 0.717) is 28.1 Å². The van der Waals surface area contributed by atoms with Gasteiger partial charge >= 0.3 is 11.9 Å². The highest BCUT2D eigenvalue weighted by molar-refractivity contribution is 9.10. The van der Waals surface area contributed by atoms with Crippen molar-refractivity contribution < 1.29 is 34.1 Å². The lowest BCUT2D eigenvalue weighted by Crippen LogP contribution is -2.47. The van der Waals surface area contributed by atoms with E-state index in [-0.39, 0.29) is 29.6 Å². The molecule has 0 aromatic carbocycles. The number of rotatable bonds is 7. The van der Waals surface area contributed by atoms with Gasteiger partial charge in [-0.05, 0) is 66.4 Å². The number of pyridine rings is 1. The number of anilines is 1. The van der Waals surface area contributed by atoms with Gasteiger partial charge in [0.25, 0.3) is 11.8 Å². The number of methoxy groups -OCH3 is 1. The Hall–Kier alpha value is -3.63. The maximum absolute atomic E-state index is 12.7. The number of carbonyl (C=O) groups is 4. The van der Waals surface area contributed by atoms with Gasteiger partial charge in [0.2, 0.25) is 5.88 Å². The SMILES string of the molecule is CC#CC(=O)N1CCC(CN2CCC(NC(=O)c3cc(Br)c(N)nc3OC)CC2)CC1.O=C(O)/C=C/C(=O)O. The number of piperidine rings is 2. The minimum absolute atomic E-state index is 0.0579. The molecular formula is C26H34BrN5O7. The fourth-order valence-electron chi connectivity index (χ4n) is 4.34. The quantitative estimate of drug-likeness (QED) is 0.263. The van der Waals surface area contributed by atoms with Crippen LogP contribution in [0.25, 0.3) is 0 Å². The number of aromatic nitrogens is 1. The largest absolute Gasteiger partial charge is 0.480 e. The number of carboxylic acid groups (broad SMARTS) is 2. The molecule has 2 saturated heterocycles. The molecule has 1 aromatic heterocycles. The maximum Gasteiger partial charge on any atom is 0.328 e. The minimum Gasteiger partial charge on any atom is -0.480 e. The number of halogens is 1. The first-order chi connectivity index (χ1) is 18.5. The van der Waals surface area contributed by atoms with Crippen LogP contribution in [0.5, 0.6) is 5.88 Å². The van der Waals surface area contributed by atoms with E-state index < -0.39 is 11.9 Å². The van der Waals surface area contributed by atoms with Gasteiger partial charge in [-0.3, -0.25) is 9.59 Å². The van der Waals surface area contributed by atoms with E-state index in [0.717, 1.165) is 58.4 Å². The monoisotopic (exact) mass is 607 g/mol. The number of hydrogen-bond donors (Lipinski definition) is 4. The summed E-state index contributed by atoms with van der Waals surface area (Å²) in [5.74, 6) is 3.66. The normalized spacial score (nSPS) is 16.4. The Morgan fingerprint density at radius 1 is 1.13 bits per heavy atom. The minimum atomic E-state index is -1.26. The van der Waals surface area contributed by atoms with Crippen molar-refractivity contribution in [2.24, 2.45) is 5.92 Å². The lowest BCUT2D eigenvalue weighted by atomic mass is 9.94. The number of nitrogens with zero attached hydrogens (tertiary/aromatic N) is 3. The predicted molar refractivity (Wildman–Crippen MR) is 147 cm³/mol. The molecule has 13 heteroatoms. The van der Waals surface area contributed by atoms with Gasteiger partial charge in [0.1, 0.15) is 11.4 Å². The summed E-state index contributed by atoms with van der Waals surface area (Å²) >= 11 is 3.32. The first-order valence-electron chi connectivity index (χ1n) is 12.4. The van der Waals surface area contributed by atoms with Crippen molar-refractivity contribution in [3.05, 3.63) is 28.3 Å². The fourth-order valence-corrected chi connectivity index (χ4v) is 4.66. The Labute approximate surface area is 235 Å². The van der Waals surface area contributed by atoms with Crippen molar-refractivity contribution in [1.29, 1.82) is 0 Å². The molecule has 0 radical (unpaired) electrons. The van der Waals surface area contributed by atoms with E-state index >= 15 is 0 Å². The molecule has 0 bridgehead atoms. The second-order valence-corrected chi connectivity index (χ2v) is 9.94. The fraction of sp³-hybridized carbons (Fsp3) is 0.500. The van der Waals surface area contributed by atoms with Crippen LogP contribution in [0.1, 0.15) is 43.0 Å². The Balaban J connectivity index is 0.000000580. The lowest BCUT2D eigenvalue weighted by molar-refractivity contribution is -0.134. The summed E-state index contributed by atoms with van der Waals surface area (Å²) in [5.41, 5.74) is 6.15. The molecule has 2 aliphatic heterocycles. The summed E-state index contributed by atoms with van der Waals surface area (Å²) in [5, 5.41) is 18.7. The van der Waals surface area contributed by atoms with Crippen molar-refractivity contribution in [1.82, 2.24) is 20.1 Å². The molecule has 2 fully saturated rings. The third-order valence-electron chi connectivity index (χ3n) is 6.35. The van der Waals surface area contributed by atoms with Crippen LogP contribution in [0.3, 0.4) is 0 Å². The Morgan fingerprint density at radius 3 is 2.23 bits per heavy atom. The zero-order chi connectivity index (χ0) is 28.9. The smallest absolute Gasteiger partial charge is 0.328 e. The molecule has 0 atom stereocenters. The molecule has 0 saturated carbocycles. The van der Waals surface area contributed by atoms with Crippen LogP contribution in [0.15, 0.2) is 22.7 Å². The number of amides is 2. The Kier molecular flexibility index (Phi) is 12.7. The van der Waals surface area contributed by atoms with Gasteiger partial charge in [-0.1, -0.05) is 5.92 Å². The van der Waals surface area contributed by atoms with Gasteiger partial charge in [0.05, 0.1) is 11.6 Å². The number of likely N-dealkylation sites (tertiary alicyclic amines) is 2. The van der Waals surface area contributed by atoms with Crippen LogP contribution in [0.4, 0.5) is 5.82 Å². The first-order valence-corrected chi connectivity index (χ1v) is 13.2.